The van der Waals surface area contributed by atoms with Gasteiger partial charge in [-0.15, -0.1) is 0 Å². The van der Waals surface area contributed by atoms with Crippen LogP contribution in [0.25, 0.3) is 0 Å². The van der Waals surface area contributed by atoms with Crippen molar-refractivity contribution < 1.29 is 9.53 Å². The Hall–Kier alpha value is -0.650. The summed E-state index contributed by atoms with van der Waals surface area (Å²) in [5, 5.41) is 3.17. The SMILES string of the molecule is CCNC(CN(C)CC1CCCN1C)C(=O)OC. The number of likely N-dealkylation sites (N-methyl/N-ethyl adjacent to an activating group) is 3. The first kappa shape index (κ1) is 15.4. The van der Waals surface area contributed by atoms with Crippen molar-refractivity contribution in [3.8, 4) is 0 Å². The van der Waals surface area contributed by atoms with Gasteiger partial charge in [0.25, 0.3) is 0 Å². The molecule has 1 heterocycles. The van der Waals surface area contributed by atoms with Crippen LogP contribution in [0.5, 0.6) is 0 Å². The largest absolute Gasteiger partial charge is 0.468 e. The molecule has 1 saturated heterocycles. The maximum atomic E-state index is 11.6. The molecule has 0 radical (unpaired) electrons. The summed E-state index contributed by atoms with van der Waals surface area (Å²) in [5.41, 5.74) is 0. The first-order valence-electron chi connectivity index (χ1n) is 6.78. The Bertz CT molecular complexity index is 261. The minimum absolute atomic E-state index is 0.177. The molecular weight excluding hydrogens is 230 g/mol. The van der Waals surface area contributed by atoms with E-state index in [-0.39, 0.29) is 12.0 Å². The molecule has 1 N–H and O–H groups in total. The summed E-state index contributed by atoms with van der Waals surface area (Å²) in [6, 6.07) is 0.395. The zero-order chi connectivity index (χ0) is 13.5. The summed E-state index contributed by atoms with van der Waals surface area (Å²) in [7, 11) is 5.68. The van der Waals surface area contributed by atoms with Gasteiger partial charge < -0.3 is 19.9 Å². The van der Waals surface area contributed by atoms with Crippen molar-refractivity contribution in [2.24, 2.45) is 0 Å². The highest BCUT2D eigenvalue weighted by atomic mass is 16.5. The normalized spacial score (nSPS) is 22.4. The smallest absolute Gasteiger partial charge is 0.324 e. The molecule has 0 aromatic carbocycles. The van der Waals surface area contributed by atoms with E-state index in [1.807, 2.05) is 6.92 Å². The molecule has 5 nitrogen and oxygen atoms in total. The van der Waals surface area contributed by atoms with Crippen LogP contribution in [0.15, 0.2) is 0 Å². The minimum atomic E-state index is -0.225. The number of carbonyl (C=O) groups is 1. The fourth-order valence-corrected chi connectivity index (χ4v) is 2.57. The van der Waals surface area contributed by atoms with E-state index in [9.17, 15) is 4.79 Å². The number of rotatable bonds is 7. The lowest BCUT2D eigenvalue weighted by Gasteiger charge is -2.28. The third kappa shape index (κ3) is 4.55. The van der Waals surface area contributed by atoms with Crippen LogP contribution in [0.2, 0.25) is 0 Å². The monoisotopic (exact) mass is 257 g/mol. The van der Waals surface area contributed by atoms with E-state index < -0.39 is 0 Å². The Kier molecular flexibility index (Phi) is 6.60. The van der Waals surface area contributed by atoms with Gasteiger partial charge in [-0.25, -0.2) is 0 Å². The van der Waals surface area contributed by atoms with Crippen molar-refractivity contribution in [1.82, 2.24) is 15.1 Å². The lowest BCUT2D eigenvalue weighted by atomic mass is 10.2. The number of likely N-dealkylation sites (tertiary alicyclic amines) is 1. The van der Waals surface area contributed by atoms with Crippen molar-refractivity contribution >= 4 is 5.97 Å². The molecule has 2 unspecified atom stereocenters. The number of carbonyl (C=O) groups excluding carboxylic acids is 1. The van der Waals surface area contributed by atoms with Gasteiger partial charge in [0.05, 0.1) is 7.11 Å². The second-order valence-electron chi connectivity index (χ2n) is 5.13. The highest BCUT2D eigenvalue weighted by Crippen LogP contribution is 2.15. The Morgan fingerprint density at radius 2 is 2.33 bits per heavy atom. The molecule has 0 aromatic rings. The number of nitrogens with one attached hydrogen (secondary N) is 1. The van der Waals surface area contributed by atoms with Crippen LogP contribution >= 0.6 is 0 Å². The number of methoxy groups -OCH3 is 1. The van der Waals surface area contributed by atoms with Crippen molar-refractivity contribution in [1.29, 1.82) is 0 Å². The summed E-state index contributed by atoms with van der Waals surface area (Å²) >= 11 is 0. The van der Waals surface area contributed by atoms with Gasteiger partial charge in [-0.3, -0.25) is 4.79 Å². The van der Waals surface area contributed by atoms with Crippen LogP contribution < -0.4 is 5.32 Å². The van der Waals surface area contributed by atoms with E-state index in [1.165, 1.54) is 26.5 Å². The molecule has 1 fully saturated rings. The third-order valence-electron chi connectivity index (χ3n) is 3.62. The maximum Gasteiger partial charge on any atom is 0.324 e. The molecule has 1 aliphatic heterocycles. The van der Waals surface area contributed by atoms with Crippen LogP contribution in [0.4, 0.5) is 0 Å². The lowest BCUT2D eigenvalue weighted by molar-refractivity contribution is -0.143. The first-order chi connectivity index (χ1) is 8.58. The van der Waals surface area contributed by atoms with Gasteiger partial charge in [-0.1, -0.05) is 6.92 Å². The lowest BCUT2D eigenvalue weighted by Crippen LogP contribution is -2.48. The molecular formula is C13H27N3O2. The molecule has 0 aliphatic carbocycles. The topological polar surface area (TPSA) is 44.8 Å². The number of hydrogen-bond acceptors (Lipinski definition) is 5. The van der Waals surface area contributed by atoms with E-state index in [4.69, 9.17) is 4.74 Å². The van der Waals surface area contributed by atoms with Gasteiger partial charge in [0.15, 0.2) is 0 Å². The summed E-state index contributed by atoms with van der Waals surface area (Å²) < 4.78 is 4.82. The van der Waals surface area contributed by atoms with E-state index >= 15 is 0 Å². The van der Waals surface area contributed by atoms with Crippen LogP contribution in [-0.2, 0) is 9.53 Å². The molecule has 0 aromatic heterocycles. The van der Waals surface area contributed by atoms with Gasteiger partial charge in [0.1, 0.15) is 6.04 Å². The van der Waals surface area contributed by atoms with Crippen molar-refractivity contribution in [2.75, 3.05) is 47.4 Å². The standard InChI is InChI=1S/C13H27N3O2/c1-5-14-12(13(17)18-4)10-15(2)9-11-7-6-8-16(11)3/h11-12,14H,5-10H2,1-4H3. The third-order valence-corrected chi connectivity index (χ3v) is 3.62. The minimum Gasteiger partial charge on any atom is -0.468 e. The Labute approximate surface area is 110 Å². The highest BCUT2D eigenvalue weighted by molar-refractivity contribution is 5.75. The number of esters is 1. The fourth-order valence-electron chi connectivity index (χ4n) is 2.57. The molecule has 5 heteroatoms. The average Bonchev–Trinajstić information content (AvgIpc) is 2.73. The zero-order valence-electron chi connectivity index (χ0n) is 12.1. The zero-order valence-corrected chi connectivity index (χ0v) is 12.1. The number of nitrogens with zero attached hydrogens (tertiary/aromatic N) is 2. The van der Waals surface area contributed by atoms with Crippen molar-refractivity contribution in [3.63, 3.8) is 0 Å². The van der Waals surface area contributed by atoms with Gasteiger partial charge in [-0.05, 0) is 40.0 Å². The van der Waals surface area contributed by atoms with Gasteiger partial charge in [-0.2, -0.15) is 0 Å². The summed E-state index contributed by atoms with van der Waals surface area (Å²) in [6.45, 7) is 5.67. The van der Waals surface area contributed by atoms with Crippen molar-refractivity contribution in [3.05, 3.63) is 0 Å². The van der Waals surface area contributed by atoms with Crippen LogP contribution in [0, 0.1) is 0 Å². The van der Waals surface area contributed by atoms with Gasteiger partial charge >= 0.3 is 5.97 Å². The van der Waals surface area contributed by atoms with Crippen molar-refractivity contribution in [2.45, 2.75) is 31.8 Å². The molecule has 2 atom stereocenters. The Morgan fingerprint density at radius 3 is 2.83 bits per heavy atom. The molecule has 0 amide bonds. The molecule has 0 bridgehead atoms. The fraction of sp³-hybridized carbons (Fsp3) is 0.923. The van der Waals surface area contributed by atoms with Crippen LogP contribution in [-0.4, -0.2) is 75.2 Å². The first-order valence-corrected chi connectivity index (χ1v) is 6.78. The highest BCUT2D eigenvalue weighted by Gasteiger charge is 2.25. The van der Waals surface area contributed by atoms with Crippen LogP contribution in [0.1, 0.15) is 19.8 Å². The maximum absolute atomic E-state index is 11.6. The summed E-state index contributed by atoms with van der Waals surface area (Å²) in [4.78, 5) is 16.2. The second-order valence-corrected chi connectivity index (χ2v) is 5.13. The number of ether oxygens (including phenoxy) is 1. The Morgan fingerprint density at radius 1 is 1.61 bits per heavy atom. The average molecular weight is 257 g/mol. The quantitative estimate of drug-likeness (QED) is 0.658. The van der Waals surface area contributed by atoms with E-state index in [2.05, 4.69) is 29.2 Å². The number of hydrogen-bond donors (Lipinski definition) is 1. The molecule has 1 aliphatic rings. The Balaban J connectivity index is 2.40. The predicted molar refractivity (Wildman–Crippen MR) is 72.6 cm³/mol. The van der Waals surface area contributed by atoms with Gasteiger partial charge in [0, 0.05) is 19.1 Å². The van der Waals surface area contributed by atoms with Gasteiger partial charge in [0.2, 0.25) is 0 Å². The molecule has 106 valence electrons. The molecule has 0 spiro atoms. The molecule has 1 rings (SSSR count). The summed E-state index contributed by atoms with van der Waals surface area (Å²) in [6.07, 6.45) is 2.54. The van der Waals surface area contributed by atoms with E-state index in [1.54, 1.807) is 0 Å². The van der Waals surface area contributed by atoms with Crippen LogP contribution in [0.3, 0.4) is 0 Å². The second kappa shape index (κ2) is 7.71. The van der Waals surface area contributed by atoms with E-state index in [0.29, 0.717) is 12.6 Å². The van der Waals surface area contributed by atoms with E-state index in [0.717, 1.165) is 13.1 Å². The molecule has 18 heavy (non-hydrogen) atoms. The molecule has 0 saturated carbocycles. The predicted octanol–water partition coefficient (Wildman–Crippen LogP) is 0.164. The summed E-state index contributed by atoms with van der Waals surface area (Å²) in [5.74, 6) is -0.177.